The van der Waals surface area contributed by atoms with Crippen molar-refractivity contribution in [1.82, 2.24) is 9.97 Å². The molecule has 0 bridgehead atoms. The van der Waals surface area contributed by atoms with Crippen molar-refractivity contribution in [3.63, 3.8) is 0 Å². The lowest BCUT2D eigenvalue weighted by atomic mass is 10.2. The molecule has 0 atom stereocenters. The summed E-state index contributed by atoms with van der Waals surface area (Å²) < 4.78 is 5.20. The van der Waals surface area contributed by atoms with E-state index in [0.29, 0.717) is 6.54 Å². The molecule has 2 N–H and O–H groups in total. The Kier molecular flexibility index (Phi) is 3.12. The van der Waals surface area contributed by atoms with Crippen LogP contribution in [0, 0.1) is 0 Å². The van der Waals surface area contributed by atoms with Crippen molar-refractivity contribution in [3.8, 4) is 17.1 Å². The van der Waals surface area contributed by atoms with Gasteiger partial charge in [0.25, 0.3) is 0 Å². The molecular weight excluding hydrogens is 202 g/mol. The van der Waals surface area contributed by atoms with E-state index < -0.39 is 0 Å². The molecule has 0 saturated heterocycles. The smallest absolute Gasteiger partial charge is 0.122 e. The molecular formula is C12H13N3O. The van der Waals surface area contributed by atoms with Gasteiger partial charge in [-0.3, -0.25) is 4.98 Å². The number of hydrogen-bond donors (Lipinski definition) is 1. The van der Waals surface area contributed by atoms with E-state index in [-0.39, 0.29) is 0 Å². The van der Waals surface area contributed by atoms with E-state index in [1.165, 1.54) is 0 Å². The second-order valence-corrected chi connectivity index (χ2v) is 3.30. The van der Waals surface area contributed by atoms with Gasteiger partial charge in [-0.1, -0.05) is 6.07 Å². The lowest BCUT2D eigenvalue weighted by Crippen LogP contribution is -2.01. The van der Waals surface area contributed by atoms with Gasteiger partial charge in [0.2, 0.25) is 0 Å². The second kappa shape index (κ2) is 4.72. The van der Waals surface area contributed by atoms with Gasteiger partial charge in [-0.05, 0) is 12.1 Å². The zero-order chi connectivity index (χ0) is 11.4. The molecule has 0 amide bonds. The Balaban J connectivity index is 2.48. The van der Waals surface area contributed by atoms with Crippen LogP contribution in [0.3, 0.4) is 0 Å². The van der Waals surface area contributed by atoms with Crippen molar-refractivity contribution in [2.75, 3.05) is 7.11 Å². The van der Waals surface area contributed by atoms with E-state index in [0.717, 1.165) is 22.8 Å². The minimum Gasteiger partial charge on any atom is -0.497 e. The molecule has 0 radical (unpaired) electrons. The van der Waals surface area contributed by atoms with Crippen molar-refractivity contribution in [3.05, 3.63) is 42.2 Å². The van der Waals surface area contributed by atoms with Gasteiger partial charge in [0.05, 0.1) is 24.2 Å². The fourth-order valence-corrected chi connectivity index (χ4v) is 1.43. The highest BCUT2D eigenvalue weighted by Crippen LogP contribution is 2.20. The third-order valence-electron chi connectivity index (χ3n) is 2.22. The Bertz CT molecular complexity index is 449. The molecule has 82 valence electrons. The van der Waals surface area contributed by atoms with E-state index in [2.05, 4.69) is 9.97 Å². The first-order valence-electron chi connectivity index (χ1n) is 5.00. The van der Waals surface area contributed by atoms with Gasteiger partial charge in [-0.25, -0.2) is 4.98 Å². The van der Waals surface area contributed by atoms with E-state index in [1.54, 1.807) is 13.3 Å². The van der Waals surface area contributed by atoms with E-state index in [4.69, 9.17) is 10.5 Å². The number of aromatic nitrogens is 2. The third kappa shape index (κ3) is 2.17. The van der Waals surface area contributed by atoms with Gasteiger partial charge >= 0.3 is 0 Å². The van der Waals surface area contributed by atoms with Crippen LogP contribution >= 0.6 is 0 Å². The van der Waals surface area contributed by atoms with Crippen molar-refractivity contribution in [2.45, 2.75) is 6.54 Å². The van der Waals surface area contributed by atoms with Crippen LogP contribution < -0.4 is 10.5 Å². The zero-order valence-corrected chi connectivity index (χ0v) is 9.05. The first-order chi connectivity index (χ1) is 7.83. The Morgan fingerprint density at radius 1 is 1.25 bits per heavy atom. The van der Waals surface area contributed by atoms with Crippen molar-refractivity contribution in [1.29, 1.82) is 0 Å². The number of rotatable bonds is 3. The Morgan fingerprint density at radius 3 is 2.75 bits per heavy atom. The van der Waals surface area contributed by atoms with Crippen molar-refractivity contribution < 1.29 is 4.74 Å². The molecule has 2 aromatic rings. The summed E-state index contributed by atoms with van der Waals surface area (Å²) in [5.74, 6) is 0.746. The zero-order valence-electron chi connectivity index (χ0n) is 9.05. The topological polar surface area (TPSA) is 61.0 Å². The van der Waals surface area contributed by atoms with E-state index >= 15 is 0 Å². The highest BCUT2D eigenvalue weighted by Gasteiger charge is 2.05. The third-order valence-corrected chi connectivity index (χ3v) is 2.22. The highest BCUT2D eigenvalue weighted by molar-refractivity contribution is 5.56. The van der Waals surface area contributed by atoms with Crippen LogP contribution in [0.2, 0.25) is 0 Å². The standard InChI is InChI=1S/C12H13N3O/c1-16-10-6-9(8-13)15-12(7-10)11-4-2-3-5-14-11/h2-7H,8,13H2,1H3. The van der Waals surface area contributed by atoms with Crippen LogP contribution in [0.1, 0.15) is 5.69 Å². The summed E-state index contributed by atoms with van der Waals surface area (Å²) in [7, 11) is 1.62. The fourth-order valence-electron chi connectivity index (χ4n) is 1.43. The SMILES string of the molecule is COc1cc(CN)nc(-c2ccccn2)c1. The molecule has 0 aromatic carbocycles. The first kappa shape index (κ1) is 10.6. The van der Waals surface area contributed by atoms with Crippen LogP contribution in [0.15, 0.2) is 36.5 Å². The maximum atomic E-state index is 5.58. The van der Waals surface area contributed by atoms with Crippen LogP contribution in [-0.4, -0.2) is 17.1 Å². The van der Waals surface area contributed by atoms with E-state index in [1.807, 2.05) is 30.3 Å². The Morgan fingerprint density at radius 2 is 2.12 bits per heavy atom. The fraction of sp³-hybridized carbons (Fsp3) is 0.167. The number of pyridine rings is 2. The molecule has 0 aliphatic rings. The van der Waals surface area contributed by atoms with E-state index in [9.17, 15) is 0 Å². The van der Waals surface area contributed by atoms with Crippen LogP contribution in [0.4, 0.5) is 0 Å². The monoisotopic (exact) mass is 215 g/mol. The molecule has 2 rings (SSSR count). The highest BCUT2D eigenvalue weighted by atomic mass is 16.5. The lowest BCUT2D eigenvalue weighted by molar-refractivity contribution is 0.413. The summed E-state index contributed by atoms with van der Waals surface area (Å²) in [5, 5.41) is 0. The molecule has 0 aliphatic carbocycles. The van der Waals surface area contributed by atoms with Crippen LogP contribution in [0.25, 0.3) is 11.4 Å². The van der Waals surface area contributed by atoms with Gasteiger partial charge in [0.15, 0.2) is 0 Å². The summed E-state index contributed by atoms with van der Waals surface area (Å²) >= 11 is 0. The van der Waals surface area contributed by atoms with Gasteiger partial charge < -0.3 is 10.5 Å². The predicted octanol–water partition coefficient (Wildman–Crippen LogP) is 1.61. The Hall–Kier alpha value is -1.94. The molecule has 0 aliphatic heterocycles. The van der Waals surface area contributed by atoms with Gasteiger partial charge in [-0.15, -0.1) is 0 Å². The number of nitrogens with zero attached hydrogens (tertiary/aromatic N) is 2. The molecule has 0 unspecified atom stereocenters. The molecule has 0 saturated carbocycles. The average molecular weight is 215 g/mol. The van der Waals surface area contributed by atoms with Crippen molar-refractivity contribution >= 4 is 0 Å². The summed E-state index contributed by atoms with van der Waals surface area (Å²) in [5.41, 5.74) is 7.97. The van der Waals surface area contributed by atoms with Crippen LogP contribution in [0.5, 0.6) is 5.75 Å². The molecule has 0 spiro atoms. The van der Waals surface area contributed by atoms with Gasteiger partial charge in [-0.2, -0.15) is 0 Å². The summed E-state index contributed by atoms with van der Waals surface area (Å²) in [6.07, 6.45) is 1.73. The largest absolute Gasteiger partial charge is 0.497 e. The number of methoxy groups -OCH3 is 1. The molecule has 2 aromatic heterocycles. The number of nitrogens with two attached hydrogens (primary N) is 1. The number of ether oxygens (including phenoxy) is 1. The molecule has 4 heteroatoms. The van der Waals surface area contributed by atoms with Crippen molar-refractivity contribution in [2.24, 2.45) is 5.73 Å². The van der Waals surface area contributed by atoms with Gasteiger partial charge in [0, 0.05) is 24.9 Å². The summed E-state index contributed by atoms with van der Waals surface area (Å²) in [6, 6.07) is 9.37. The minimum atomic E-state index is 0.386. The maximum absolute atomic E-state index is 5.58. The number of hydrogen-bond acceptors (Lipinski definition) is 4. The summed E-state index contributed by atoms with van der Waals surface area (Å²) in [4.78, 5) is 8.64. The first-order valence-corrected chi connectivity index (χ1v) is 5.00. The summed E-state index contributed by atoms with van der Waals surface area (Å²) in [6.45, 7) is 0.386. The molecule has 16 heavy (non-hydrogen) atoms. The Labute approximate surface area is 94.1 Å². The lowest BCUT2D eigenvalue weighted by Gasteiger charge is -2.06. The van der Waals surface area contributed by atoms with Crippen LogP contribution in [-0.2, 0) is 6.54 Å². The average Bonchev–Trinajstić information content (AvgIpc) is 2.39. The molecule has 2 heterocycles. The maximum Gasteiger partial charge on any atom is 0.122 e. The predicted molar refractivity (Wildman–Crippen MR) is 61.9 cm³/mol. The minimum absolute atomic E-state index is 0.386. The normalized spacial score (nSPS) is 10.1. The second-order valence-electron chi connectivity index (χ2n) is 3.30. The quantitative estimate of drug-likeness (QED) is 0.845. The molecule has 4 nitrogen and oxygen atoms in total. The molecule has 0 fully saturated rings. The van der Waals surface area contributed by atoms with Gasteiger partial charge in [0.1, 0.15) is 5.75 Å².